The van der Waals surface area contributed by atoms with Crippen molar-refractivity contribution >= 4 is 22.9 Å². The smallest absolute Gasteiger partial charge is 0.408 e. The summed E-state index contributed by atoms with van der Waals surface area (Å²) >= 11 is 0. The van der Waals surface area contributed by atoms with Crippen LogP contribution in [0.3, 0.4) is 0 Å². The third kappa shape index (κ3) is 5.05. The number of aliphatic hydroxyl groups is 1. The minimum absolute atomic E-state index is 0.0812. The molecule has 208 valence electrons. The standard InChI is InChI=1S/C32H41N3O4/c1-30(2)23-14-15-31(30,3)27(17-23)39-29(38)35-32(4,18-22-19-33-26-13-9-8-12-25(22)26)28(37)34-24(20-36)16-21-10-6-5-7-11-21/h5-13,19,23-24,27,33,36H,14-18,20H2,1-4H3,(H,34,37)(H,35,38)/t23?,24-,27?,31?,32+/m0/s1. The van der Waals surface area contributed by atoms with Gasteiger partial charge in [-0.25, -0.2) is 4.79 Å². The second-order valence-electron chi connectivity index (χ2n) is 12.5. The number of hydrogen-bond acceptors (Lipinski definition) is 4. The number of carbonyl (C=O) groups is 2. The first-order valence-electron chi connectivity index (χ1n) is 14.1. The summed E-state index contributed by atoms with van der Waals surface area (Å²) in [5, 5.41) is 17.0. The van der Waals surface area contributed by atoms with Gasteiger partial charge in [0.05, 0.1) is 12.6 Å². The van der Waals surface area contributed by atoms with Crippen LogP contribution in [-0.4, -0.2) is 46.4 Å². The van der Waals surface area contributed by atoms with Gasteiger partial charge < -0.3 is 25.5 Å². The molecule has 5 atom stereocenters. The van der Waals surface area contributed by atoms with E-state index in [0.717, 1.165) is 41.3 Å². The fraction of sp³-hybridized carbons (Fsp3) is 0.500. The van der Waals surface area contributed by atoms with Gasteiger partial charge in [0.2, 0.25) is 5.91 Å². The van der Waals surface area contributed by atoms with E-state index < -0.39 is 17.7 Å². The van der Waals surface area contributed by atoms with E-state index in [9.17, 15) is 14.7 Å². The number of ether oxygens (including phenoxy) is 1. The Morgan fingerprint density at radius 3 is 2.51 bits per heavy atom. The first-order chi connectivity index (χ1) is 18.6. The number of carbonyl (C=O) groups excluding carboxylic acids is 2. The maximum Gasteiger partial charge on any atom is 0.408 e. The molecular formula is C32H41N3O4. The molecule has 2 aromatic carbocycles. The number of rotatable bonds is 9. The van der Waals surface area contributed by atoms with Crippen LogP contribution in [0.4, 0.5) is 4.79 Å². The van der Waals surface area contributed by atoms with Crippen molar-refractivity contribution in [2.24, 2.45) is 16.7 Å². The lowest BCUT2D eigenvalue weighted by molar-refractivity contribution is -0.128. The Kier molecular flexibility index (Phi) is 7.23. The first-order valence-corrected chi connectivity index (χ1v) is 14.1. The zero-order valence-electron chi connectivity index (χ0n) is 23.4. The molecule has 0 radical (unpaired) electrons. The number of para-hydroxylation sites is 1. The summed E-state index contributed by atoms with van der Waals surface area (Å²) in [4.78, 5) is 30.5. The monoisotopic (exact) mass is 531 g/mol. The van der Waals surface area contributed by atoms with Crippen LogP contribution in [-0.2, 0) is 22.4 Å². The van der Waals surface area contributed by atoms with Crippen LogP contribution < -0.4 is 10.6 Å². The Labute approximate surface area is 230 Å². The topological polar surface area (TPSA) is 103 Å². The van der Waals surface area contributed by atoms with E-state index in [0.29, 0.717) is 12.3 Å². The quantitative estimate of drug-likeness (QED) is 0.307. The van der Waals surface area contributed by atoms with Crippen LogP contribution in [0, 0.1) is 16.7 Å². The van der Waals surface area contributed by atoms with Crippen LogP contribution in [0.15, 0.2) is 60.8 Å². The number of H-pyrrole nitrogens is 1. The molecule has 2 saturated carbocycles. The van der Waals surface area contributed by atoms with E-state index in [4.69, 9.17) is 4.74 Å². The Hall–Kier alpha value is -3.32. The highest BCUT2D eigenvalue weighted by molar-refractivity contribution is 5.91. The molecule has 2 amide bonds. The third-order valence-corrected chi connectivity index (χ3v) is 9.94. The van der Waals surface area contributed by atoms with Crippen molar-refractivity contribution in [2.75, 3.05) is 6.61 Å². The summed E-state index contributed by atoms with van der Waals surface area (Å²) in [5.41, 5.74) is 1.61. The van der Waals surface area contributed by atoms with E-state index >= 15 is 0 Å². The van der Waals surface area contributed by atoms with Crippen LogP contribution in [0.25, 0.3) is 10.9 Å². The highest BCUT2D eigenvalue weighted by Gasteiger charge is 2.63. The SMILES string of the molecule is CC1(C)C2CCC1(C)C(OC(=O)N[C@](C)(Cc1c[nH]c3ccccc13)C(=O)N[C@H](CO)Cc1ccccc1)C2. The molecule has 2 aliphatic carbocycles. The van der Waals surface area contributed by atoms with E-state index in [1.807, 2.05) is 60.8 Å². The fourth-order valence-corrected chi connectivity index (χ4v) is 6.94. The average Bonchev–Trinajstić information content (AvgIpc) is 3.47. The van der Waals surface area contributed by atoms with Crippen molar-refractivity contribution in [3.63, 3.8) is 0 Å². The largest absolute Gasteiger partial charge is 0.446 e. The summed E-state index contributed by atoms with van der Waals surface area (Å²) in [7, 11) is 0. The number of nitrogens with one attached hydrogen (secondary N) is 3. The molecule has 0 saturated heterocycles. The third-order valence-electron chi connectivity index (χ3n) is 9.94. The van der Waals surface area contributed by atoms with Crippen molar-refractivity contribution in [1.82, 2.24) is 15.6 Å². The number of amides is 2. The minimum atomic E-state index is -1.31. The lowest BCUT2D eigenvalue weighted by Crippen LogP contribution is -2.61. The summed E-state index contributed by atoms with van der Waals surface area (Å²) in [6.07, 6.45) is 4.91. The molecular weight excluding hydrogens is 490 g/mol. The summed E-state index contributed by atoms with van der Waals surface area (Å²) in [6, 6.07) is 17.1. The van der Waals surface area contributed by atoms with Gasteiger partial charge in [-0.3, -0.25) is 4.79 Å². The lowest BCUT2D eigenvalue weighted by Gasteiger charge is -2.39. The van der Waals surface area contributed by atoms with Gasteiger partial charge in [-0.05, 0) is 61.1 Å². The number of aromatic amines is 1. The van der Waals surface area contributed by atoms with E-state index in [2.05, 4.69) is 36.4 Å². The molecule has 7 nitrogen and oxygen atoms in total. The Morgan fingerprint density at radius 1 is 1.13 bits per heavy atom. The van der Waals surface area contributed by atoms with Crippen LogP contribution >= 0.6 is 0 Å². The Bertz CT molecular complexity index is 1340. The van der Waals surface area contributed by atoms with Gasteiger partial charge in [0.25, 0.3) is 0 Å². The van der Waals surface area contributed by atoms with Gasteiger partial charge >= 0.3 is 6.09 Å². The fourth-order valence-electron chi connectivity index (χ4n) is 6.94. The zero-order chi connectivity index (χ0) is 27.8. The molecule has 1 aromatic heterocycles. The average molecular weight is 532 g/mol. The highest BCUT2D eigenvalue weighted by atomic mass is 16.6. The van der Waals surface area contributed by atoms with Gasteiger partial charge in [-0.2, -0.15) is 0 Å². The van der Waals surface area contributed by atoms with Crippen LogP contribution in [0.5, 0.6) is 0 Å². The summed E-state index contributed by atoms with van der Waals surface area (Å²) < 4.78 is 6.08. The molecule has 2 bridgehead atoms. The maximum absolute atomic E-state index is 13.9. The number of aromatic nitrogens is 1. The van der Waals surface area contributed by atoms with Crippen LogP contribution in [0.2, 0.25) is 0 Å². The highest BCUT2D eigenvalue weighted by Crippen LogP contribution is 2.66. The molecule has 3 unspecified atom stereocenters. The van der Waals surface area contributed by atoms with Crippen molar-refractivity contribution in [2.45, 2.75) is 77.5 Å². The summed E-state index contributed by atoms with van der Waals surface area (Å²) in [5.74, 6) is 0.170. The molecule has 0 spiro atoms. The van der Waals surface area contributed by atoms with Gasteiger partial charge in [0.1, 0.15) is 11.6 Å². The van der Waals surface area contributed by atoms with Gasteiger partial charge in [-0.1, -0.05) is 69.3 Å². The first kappa shape index (κ1) is 27.3. The zero-order valence-corrected chi connectivity index (χ0v) is 23.4. The van der Waals surface area contributed by atoms with Crippen molar-refractivity contribution in [1.29, 1.82) is 0 Å². The molecule has 1 heterocycles. The van der Waals surface area contributed by atoms with E-state index in [1.54, 1.807) is 6.92 Å². The molecule has 2 fully saturated rings. The molecule has 0 aliphatic heterocycles. The Balaban J connectivity index is 1.36. The van der Waals surface area contributed by atoms with Crippen molar-refractivity contribution in [3.05, 3.63) is 71.9 Å². The predicted octanol–water partition coefficient (Wildman–Crippen LogP) is 5.13. The number of hydrogen-bond donors (Lipinski definition) is 4. The minimum Gasteiger partial charge on any atom is -0.446 e. The lowest BCUT2D eigenvalue weighted by atomic mass is 9.70. The number of benzene rings is 2. The molecule has 5 rings (SSSR count). The van der Waals surface area contributed by atoms with Gasteiger partial charge in [0.15, 0.2) is 0 Å². The van der Waals surface area contributed by atoms with Crippen LogP contribution in [0.1, 0.15) is 58.1 Å². The normalized spacial score (nSPS) is 25.7. The summed E-state index contributed by atoms with van der Waals surface area (Å²) in [6.45, 7) is 8.30. The molecule has 4 N–H and O–H groups in total. The van der Waals surface area contributed by atoms with Gasteiger partial charge in [0, 0.05) is 28.9 Å². The molecule has 3 aromatic rings. The Morgan fingerprint density at radius 2 is 1.85 bits per heavy atom. The second-order valence-corrected chi connectivity index (χ2v) is 12.5. The van der Waals surface area contributed by atoms with E-state index in [-0.39, 0.29) is 35.9 Å². The van der Waals surface area contributed by atoms with Crippen molar-refractivity contribution in [3.8, 4) is 0 Å². The molecule has 7 heteroatoms. The molecule has 39 heavy (non-hydrogen) atoms. The predicted molar refractivity (Wildman–Crippen MR) is 152 cm³/mol. The number of alkyl carbamates (subject to hydrolysis) is 1. The number of fused-ring (bicyclic) bond motifs is 3. The van der Waals surface area contributed by atoms with E-state index in [1.165, 1.54) is 0 Å². The van der Waals surface area contributed by atoms with Gasteiger partial charge in [-0.15, -0.1) is 0 Å². The maximum atomic E-state index is 13.9. The van der Waals surface area contributed by atoms with Crippen molar-refractivity contribution < 1.29 is 19.4 Å². The second kappa shape index (κ2) is 10.3. The number of aliphatic hydroxyl groups excluding tert-OH is 1. The molecule has 2 aliphatic rings.